The van der Waals surface area contributed by atoms with E-state index in [0.717, 1.165) is 19.3 Å². The van der Waals surface area contributed by atoms with Crippen LogP contribution in [-0.2, 0) is 9.59 Å². The van der Waals surface area contributed by atoms with Crippen LogP contribution < -0.4 is 16.8 Å². The molecule has 0 aromatic heterocycles. The molecule has 0 spiro atoms. The van der Waals surface area contributed by atoms with Crippen molar-refractivity contribution in [1.82, 2.24) is 5.32 Å². The number of amides is 2. The van der Waals surface area contributed by atoms with Crippen molar-refractivity contribution in [3.05, 3.63) is 0 Å². The normalized spacial score (nSPS) is 29.9. The monoisotopic (exact) mass is 255 g/mol. The van der Waals surface area contributed by atoms with Gasteiger partial charge in [-0.1, -0.05) is 27.2 Å². The lowest BCUT2D eigenvalue weighted by molar-refractivity contribution is -0.133. The number of nitrogens with one attached hydrogen (secondary N) is 1. The van der Waals surface area contributed by atoms with E-state index >= 15 is 0 Å². The van der Waals surface area contributed by atoms with Crippen LogP contribution in [0, 0.1) is 17.8 Å². The van der Waals surface area contributed by atoms with Crippen LogP contribution in [0.25, 0.3) is 0 Å². The molecule has 4 atom stereocenters. The van der Waals surface area contributed by atoms with Crippen molar-refractivity contribution in [2.45, 2.75) is 52.1 Å². The lowest BCUT2D eigenvalue weighted by Crippen LogP contribution is -2.54. The first-order chi connectivity index (χ1) is 8.34. The number of carbonyl (C=O) groups excluding carboxylic acids is 2. The minimum atomic E-state index is -0.612. The Labute approximate surface area is 109 Å². The predicted molar refractivity (Wildman–Crippen MR) is 70.4 cm³/mol. The number of rotatable bonds is 4. The molecule has 5 N–H and O–H groups in total. The van der Waals surface area contributed by atoms with Crippen LogP contribution in [0.5, 0.6) is 0 Å². The van der Waals surface area contributed by atoms with Gasteiger partial charge in [0.2, 0.25) is 11.8 Å². The molecule has 2 amide bonds. The summed E-state index contributed by atoms with van der Waals surface area (Å²) in [5, 5.41) is 2.75. The molecule has 104 valence electrons. The van der Waals surface area contributed by atoms with E-state index in [0.29, 0.717) is 0 Å². The van der Waals surface area contributed by atoms with Crippen LogP contribution in [0.1, 0.15) is 40.0 Å². The molecule has 1 aliphatic carbocycles. The molecule has 0 bridgehead atoms. The summed E-state index contributed by atoms with van der Waals surface area (Å²) in [6.07, 6.45) is 2.94. The van der Waals surface area contributed by atoms with Crippen molar-refractivity contribution >= 4 is 11.8 Å². The molecule has 1 rings (SSSR count). The summed E-state index contributed by atoms with van der Waals surface area (Å²) in [7, 11) is 0. The van der Waals surface area contributed by atoms with E-state index < -0.39 is 11.9 Å². The van der Waals surface area contributed by atoms with Gasteiger partial charge in [-0.2, -0.15) is 0 Å². The second-order valence-electron chi connectivity index (χ2n) is 5.73. The summed E-state index contributed by atoms with van der Waals surface area (Å²) >= 11 is 0. The zero-order chi connectivity index (χ0) is 13.9. The van der Waals surface area contributed by atoms with Gasteiger partial charge in [-0.15, -0.1) is 0 Å². The second-order valence-corrected chi connectivity index (χ2v) is 5.73. The topological polar surface area (TPSA) is 98.2 Å². The summed E-state index contributed by atoms with van der Waals surface area (Å²) in [6, 6.07) is -0.728. The lowest BCUT2D eigenvalue weighted by atomic mass is 9.76. The minimum Gasteiger partial charge on any atom is -0.368 e. The fourth-order valence-corrected chi connectivity index (χ4v) is 2.73. The molecule has 18 heavy (non-hydrogen) atoms. The molecule has 0 aromatic carbocycles. The summed E-state index contributed by atoms with van der Waals surface area (Å²) in [5.41, 5.74) is 11.3. The number of hydrogen-bond acceptors (Lipinski definition) is 3. The van der Waals surface area contributed by atoms with E-state index in [-0.39, 0.29) is 29.7 Å². The summed E-state index contributed by atoms with van der Waals surface area (Å²) in [6.45, 7) is 5.76. The van der Waals surface area contributed by atoms with Crippen LogP contribution in [0.3, 0.4) is 0 Å². The van der Waals surface area contributed by atoms with Crippen LogP contribution in [0.4, 0.5) is 0 Å². The first-order valence-corrected chi connectivity index (χ1v) is 6.69. The molecule has 0 radical (unpaired) electrons. The van der Waals surface area contributed by atoms with E-state index in [1.807, 2.05) is 20.8 Å². The van der Waals surface area contributed by atoms with Gasteiger partial charge in [0.15, 0.2) is 0 Å². The molecule has 0 aliphatic heterocycles. The Kier molecular flexibility index (Phi) is 5.14. The Morgan fingerprint density at radius 1 is 1.28 bits per heavy atom. The molecule has 1 saturated carbocycles. The van der Waals surface area contributed by atoms with E-state index in [1.165, 1.54) is 0 Å². The fourth-order valence-electron chi connectivity index (χ4n) is 2.73. The molecule has 1 fully saturated rings. The smallest absolute Gasteiger partial charge is 0.240 e. The largest absolute Gasteiger partial charge is 0.368 e. The zero-order valence-corrected chi connectivity index (χ0v) is 11.5. The summed E-state index contributed by atoms with van der Waals surface area (Å²) in [5.74, 6) is -0.585. The van der Waals surface area contributed by atoms with Gasteiger partial charge in [-0.25, -0.2) is 0 Å². The van der Waals surface area contributed by atoms with Gasteiger partial charge < -0.3 is 16.8 Å². The third kappa shape index (κ3) is 3.45. The molecule has 4 unspecified atom stereocenters. The maximum Gasteiger partial charge on any atom is 0.240 e. The Morgan fingerprint density at radius 2 is 1.89 bits per heavy atom. The third-order valence-corrected chi connectivity index (χ3v) is 3.84. The van der Waals surface area contributed by atoms with Gasteiger partial charge in [0.25, 0.3) is 0 Å². The van der Waals surface area contributed by atoms with E-state index in [4.69, 9.17) is 11.5 Å². The highest BCUT2D eigenvalue weighted by Gasteiger charge is 2.35. The minimum absolute atomic E-state index is 0.0124. The Morgan fingerprint density at radius 3 is 2.33 bits per heavy atom. The Bertz CT molecular complexity index is 307. The Hall–Kier alpha value is -1.10. The summed E-state index contributed by atoms with van der Waals surface area (Å²) < 4.78 is 0. The molecule has 5 nitrogen and oxygen atoms in total. The molecular weight excluding hydrogens is 230 g/mol. The van der Waals surface area contributed by atoms with Gasteiger partial charge in [0.05, 0.1) is 5.92 Å². The first kappa shape index (κ1) is 15.0. The van der Waals surface area contributed by atoms with Crippen molar-refractivity contribution in [3.8, 4) is 0 Å². The highest BCUT2D eigenvalue weighted by molar-refractivity contribution is 5.88. The predicted octanol–water partition coefficient (Wildman–Crippen LogP) is 0.376. The van der Waals surface area contributed by atoms with Crippen LogP contribution >= 0.6 is 0 Å². The van der Waals surface area contributed by atoms with Crippen LogP contribution in [0.15, 0.2) is 0 Å². The number of hydrogen-bond donors (Lipinski definition) is 3. The lowest BCUT2D eigenvalue weighted by Gasteiger charge is -2.34. The molecule has 5 heteroatoms. The van der Waals surface area contributed by atoms with E-state index in [9.17, 15) is 9.59 Å². The molecule has 0 heterocycles. The second kappa shape index (κ2) is 6.18. The average Bonchev–Trinajstić information content (AvgIpc) is 2.24. The standard InChI is InChI=1S/C13H25N3O2/c1-7(2)11(12(15)17)16-13(18)10-8(3)5-4-6-9(10)14/h7-11H,4-6,14H2,1-3H3,(H2,15,17)(H,16,18). The van der Waals surface area contributed by atoms with Crippen molar-refractivity contribution in [3.63, 3.8) is 0 Å². The van der Waals surface area contributed by atoms with Gasteiger partial charge in [0, 0.05) is 6.04 Å². The zero-order valence-electron chi connectivity index (χ0n) is 11.5. The van der Waals surface area contributed by atoms with Gasteiger partial charge in [0.1, 0.15) is 6.04 Å². The highest BCUT2D eigenvalue weighted by Crippen LogP contribution is 2.29. The van der Waals surface area contributed by atoms with Gasteiger partial charge in [-0.3, -0.25) is 9.59 Å². The fraction of sp³-hybridized carbons (Fsp3) is 0.846. The van der Waals surface area contributed by atoms with Crippen molar-refractivity contribution < 1.29 is 9.59 Å². The van der Waals surface area contributed by atoms with E-state index in [1.54, 1.807) is 0 Å². The maximum atomic E-state index is 12.2. The van der Waals surface area contributed by atoms with E-state index in [2.05, 4.69) is 5.32 Å². The van der Waals surface area contributed by atoms with Crippen LogP contribution in [0.2, 0.25) is 0 Å². The van der Waals surface area contributed by atoms with Crippen molar-refractivity contribution in [2.24, 2.45) is 29.2 Å². The molecule has 0 saturated heterocycles. The molecular formula is C13H25N3O2. The quantitative estimate of drug-likeness (QED) is 0.677. The Balaban J connectivity index is 2.70. The summed E-state index contributed by atoms with van der Waals surface area (Å²) in [4.78, 5) is 23.5. The number of nitrogens with two attached hydrogens (primary N) is 2. The van der Waals surface area contributed by atoms with Crippen LogP contribution in [-0.4, -0.2) is 23.9 Å². The van der Waals surface area contributed by atoms with Crippen molar-refractivity contribution in [2.75, 3.05) is 0 Å². The first-order valence-electron chi connectivity index (χ1n) is 6.69. The third-order valence-electron chi connectivity index (χ3n) is 3.84. The average molecular weight is 255 g/mol. The number of primary amides is 1. The highest BCUT2D eigenvalue weighted by atomic mass is 16.2. The molecule has 0 aromatic rings. The number of carbonyl (C=O) groups is 2. The van der Waals surface area contributed by atoms with Gasteiger partial charge >= 0.3 is 0 Å². The van der Waals surface area contributed by atoms with Gasteiger partial charge in [-0.05, 0) is 24.7 Å². The van der Waals surface area contributed by atoms with Crippen molar-refractivity contribution in [1.29, 1.82) is 0 Å². The SMILES string of the molecule is CC(C)C(NC(=O)C1C(C)CCCC1N)C(N)=O. The molecule has 1 aliphatic rings. The maximum absolute atomic E-state index is 12.2.